The summed E-state index contributed by atoms with van der Waals surface area (Å²) in [7, 11) is 3.88. The molecule has 2 heteroatoms. The van der Waals surface area contributed by atoms with Gasteiger partial charge in [-0.25, -0.2) is 0 Å². The predicted octanol–water partition coefficient (Wildman–Crippen LogP) is 4.23. The van der Waals surface area contributed by atoms with E-state index in [1.165, 1.54) is 48.6 Å². The van der Waals surface area contributed by atoms with Crippen molar-refractivity contribution in [1.29, 1.82) is 0 Å². The zero-order chi connectivity index (χ0) is 12.5. The van der Waals surface area contributed by atoms with Crippen LogP contribution in [0, 0.1) is 0 Å². The van der Waals surface area contributed by atoms with Crippen molar-refractivity contribution in [1.82, 2.24) is 4.57 Å². The predicted molar refractivity (Wildman–Crippen MR) is 75.3 cm³/mol. The number of aryl methyl sites for hydroxylation is 1. The van der Waals surface area contributed by atoms with Gasteiger partial charge in [-0.05, 0) is 42.5 Å². The summed E-state index contributed by atoms with van der Waals surface area (Å²) >= 11 is 0. The van der Waals surface area contributed by atoms with Gasteiger partial charge in [0.1, 0.15) is 5.75 Å². The Morgan fingerprint density at radius 2 is 1.94 bits per heavy atom. The summed E-state index contributed by atoms with van der Waals surface area (Å²) < 4.78 is 7.61. The molecule has 18 heavy (non-hydrogen) atoms. The molecule has 0 aliphatic heterocycles. The first-order valence-electron chi connectivity index (χ1n) is 6.92. The van der Waals surface area contributed by atoms with Crippen molar-refractivity contribution in [3.63, 3.8) is 0 Å². The molecule has 1 aromatic heterocycles. The Morgan fingerprint density at radius 3 is 2.67 bits per heavy atom. The molecule has 0 unspecified atom stereocenters. The lowest BCUT2D eigenvalue weighted by Crippen LogP contribution is -2.03. The van der Waals surface area contributed by atoms with Gasteiger partial charge in [0.2, 0.25) is 0 Å². The minimum Gasteiger partial charge on any atom is -0.497 e. The number of hydrogen-bond acceptors (Lipinski definition) is 1. The molecule has 1 saturated carbocycles. The van der Waals surface area contributed by atoms with E-state index in [0.717, 1.165) is 11.7 Å². The zero-order valence-electron chi connectivity index (χ0n) is 11.3. The van der Waals surface area contributed by atoms with Crippen molar-refractivity contribution in [2.45, 2.75) is 38.0 Å². The number of ether oxygens (including phenoxy) is 1. The van der Waals surface area contributed by atoms with Gasteiger partial charge in [-0.1, -0.05) is 19.3 Å². The fourth-order valence-electron chi connectivity index (χ4n) is 3.27. The molecule has 1 aliphatic carbocycles. The maximum absolute atomic E-state index is 5.36. The SMILES string of the molecule is COc1ccc2c(c1)c(C1CCCCC1)cn2C. The third kappa shape index (κ3) is 1.90. The van der Waals surface area contributed by atoms with E-state index < -0.39 is 0 Å². The van der Waals surface area contributed by atoms with E-state index in [1.54, 1.807) is 7.11 Å². The fraction of sp³-hybridized carbons (Fsp3) is 0.500. The molecule has 1 aliphatic rings. The number of benzene rings is 1. The average molecular weight is 243 g/mol. The van der Waals surface area contributed by atoms with Crippen LogP contribution in [0.5, 0.6) is 5.75 Å². The number of nitrogens with zero attached hydrogens (tertiary/aromatic N) is 1. The van der Waals surface area contributed by atoms with E-state index in [2.05, 4.69) is 29.9 Å². The molecule has 0 saturated heterocycles. The van der Waals surface area contributed by atoms with Crippen LogP contribution < -0.4 is 4.74 Å². The van der Waals surface area contributed by atoms with E-state index in [9.17, 15) is 0 Å². The lowest BCUT2D eigenvalue weighted by Gasteiger charge is -2.21. The standard InChI is InChI=1S/C16H21NO/c1-17-11-15(12-6-4-3-5-7-12)14-10-13(18-2)8-9-16(14)17/h8-12H,3-7H2,1-2H3. The quantitative estimate of drug-likeness (QED) is 0.769. The molecule has 0 radical (unpaired) electrons. The molecule has 0 atom stereocenters. The first-order chi connectivity index (χ1) is 8.79. The van der Waals surface area contributed by atoms with Gasteiger partial charge in [0.05, 0.1) is 7.11 Å². The van der Waals surface area contributed by atoms with Crippen molar-refractivity contribution >= 4 is 10.9 Å². The molecule has 0 amide bonds. The van der Waals surface area contributed by atoms with E-state index in [4.69, 9.17) is 4.74 Å². The number of fused-ring (bicyclic) bond motifs is 1. The Morgan fingerprint density at radius 1 is 1.17 bits per heavy atom. The monoisotopic (exact) mass is 243 g/mol. The summed E-state index contributed by atoms with van der Waals surface area (Å²) in [5, 5.41) is 1.38. The van der Waals surface area contributed by atoms with Gasteiger partial charge < -0.3 is 9.30 Å². The molecule has 96 valence electrons. The second-order valence-electron chi connectivity index (χ2n) is 5.41. The van der Waals surface area contributed by atoms with E-state index in [0.29, 0.717) is 0 Å². The first kappa shape index (κ1) is 11.6. The topological polar surface area (TPSA) is 14.2 Å². The van der Waals surface area contributed by atoms with Crippen molar-refractivity contribution < 1.29 is 4.74 Å². The zero-order valence-corrected chi connectivity index (χ0v) is 11.3. The lowest BCUT2D eigenvalue weighted by atomic mass is 9.84. The van der Waals surface area contributed by atoms with Crippen LogP contribution in [0.15, 0.2) is 24.4 Å². The molecule has 1 aromatic carbocycles. The highest BCUT2D eigenvalue weighted by Gasteiger charge is 2.19. The van der Waals surface area contributed by atoms with Crippen molar-refractivity contribution in [2.75, 3.05) is 7.11 Å². The molecule has 0 N–H and O–H groups in total. The largest absolute Gasteiger partial charge is 0.497 e. The minimum absolute atomic E-state index is 0.745. The molecule has 3 rings (SSSR count). The molecule has 0 spiro atoms. The van der Waals surface area contributed by atoms with E-state index in [1.807, 2.05) is 6.07 Å². The Labute approximate surface area is 109 Å². The summed E-state index contributed by atoms with van der Waals surface area (Å²) in [6, 6.07) is 6.41. The van der Waals surface area contributed by atoms with Crippen LogP contribution in [0.1, 0.15) is 43.6 Å². The van der Waals surface area contributed by atoms with Crippen molar-refractivity contribution in [3.8, 4) is 5.75 Å². The van der Waals surface area contributed by atoms with Crippen LogP contribution in [0.4, 0.5) is 0 Å². The lowest BCUT2D eigenvalue weighted by molar-refractivity contribution is 0.415. The van der Waals surface area contributed by atoms with Crippen molar-refractivity contribution in [2.24, 2.45) is 7.05 Å². The summed E-state index contributed by atoms with van der Waals surface area (Å²) in [4.78, 5) is 0. The molecule has 1 fully saturated rings. The van der Waals surface area contributed by atoms with Gasteiger partial charge in [-0.2, -0.15) is 0 Å². The molecule has 0 bridgehead atoms. The third-order valence-corrected chi connectivity index (χ3v) is 4.27. The van der Waals surface area contributed by atoms with Crippen molar-refractivity contribution in [3.05, 3.63) is 30.0 Å². The average Bonchev–Trinajstić information content (AvgIpc) is 2.76. The van der Waals surface area contributed by atoms with Crippen LogP contribution in [0.3, 0.4) is 0 Å². The highest BCUT2D eigenvalue weighted by molar-refractivity contribution is 5.86. The Bertz CT molecular complexity index is 549. The Balaban J connectivity index is 2.09. The van der Waals surface area contributed by atoms with Gasteiger partial charge in [-0.15, -0.1) is 0 Å². The molecular weight excluding hydrogens is 222 g/mol. The van der Waals surface area contributed by atoms with Crippen LogP contribution in [0.25, 0.3) is 10.9 Å². The number of methoxy groups -OCH3 is 1. The number of hydrogen-bond donors (Lipinski definition) is 0. The smallest absolute Gasteiger partial charge is 0.119 e. The van der Waals surface area contributed by atoms with Crippen LogP contribution in [0.2, 0.25) is 0 Å². The fourth-order valence-corrected chi connectivity index (χ4v) is 3.27. The number of rotatable bonds is 2. The van der Waals surface area contributed by atoms with Gasteiger partial charge in [0.15, 0.2) is 0 Å². The highest BCUT2D eigenvalue weighted by atomic mass is 16.5. The van der Waals surface area contributed by atoms with E-state index >= 15 is 0 Å². The van der Waals surface area contributed by atoms with Gasteiger partial charge >= 0.3 is 0 Å². The summed E-state index contributed by atoms with van der Waals surface area (Å²) in [5.41, 5.74) is 2.84. The molecule has 1 heterocycles. The summed E-state index contributed by atoms with van der Waals surface area (Å²) in [6.07, 6.45) is 9.17. The maximum Gasteiger partial charge on any atom is 0.119 e. The Kier molecular flexibility index (Phi) is 3.02. The first-order valence-corrected chi connectivity index (χ1v) is 6.92. The van der Waals surface area contributed by atoms with Crippen LogP contribution >= 0.6 is 0 Å². The molecule has 2 nitrogen and oxygen atoms in total. The molecule has 2 aromatic rings. The van der Waals surface area contributed by atoms with Gasteiger partial charge in [-0.3, -0.25) is 0 Å². The second-order valence-corrected chi connectivity index (χ2v) is 5.41. The van der Waals surface area contributed by atoms with Gasteiger partial charge in [0.25, 0.3) is 0 Å². The molecular formula is C16H21NO. The second kappa shape index (κ2) is 4.68. The van der Waals surface area contributed by atoms with Crippen LogP contribution in [-0.4, -0.2) is 11.7 Å². The van der Waals surface area contributed by atoms with Crippen LogP contribution in [-0.2, 0) is 7.05 Å². The van der Waals surface area contributed by atoms with Gasteiger partial charge in [0, 0.05) is 24.1 Å². The third-order valence-electron chi connectivity index (χ3n) is 4.27. The van der Waals surface area contributed by atoms with E-state index in [-0.39, 0.29) is 0 Å². The normalized spacial score (nSPS) is 17.2. The Hall–Kier alpha value is -1.44. The summed E-state index contributed by atoms with van der Waals surface area (Å²) in [5.74, 6) is 1.71. The minimum atomic E-state index is 0.745. The maximum atomic E-state index is 5.36. The highest BCUT2D eigenvalue weighted by Crippen LogP contribution is 2.38. The number of aromatic nitrogens is 1. The summed E-state index contributed by atoms with van der Waals surface area (Å²) in [6.45, 7) is 0.